The third-order valence-corrected chi connectivity index (χ3v) is 2.95. The van der Waals surface area contributed by atoms with Gasteiger partial charge in [-0.2, -0.15) is 0 Å². The van der Waals surface area contributed by atoms with Crippen molar-refractivity contribution >= 4 is 0 Å². The van der Waals surface area contributed by atoms with Crippen molar-refractivity contribution in [3.8, 4) is 0 Å². The van der Waals surface area contributed by atoms with Crippen LogP contribution >= 0.6 is 0 Å². The zero-order valence-electron chi connectivity index (χ0n) is 12.2. The summed E-state index contributed by atoms with van der Waals surface area (Å²) in [7, 11) is 0. The molecule has 0 heterocycles. The van der Waals surface area contributed by atoms with Crippen LogP contribution in [0.4, 0.5) is 0 Å². The van der Waals surface area contributed by atoms with Crippen molar-refractivity contribution < 1.29 is 4.74 Å². The molecule has 0 amide bonds. The van der Waals surface area contributed by atoms with Gasteiger partial charge in [-0.3, -0.25) is 0 Å². The lowest BCUT2D eigenvalue weighted by Crippen LogP contribution is -2.46. The monoisotopic (exact) mass is 214 g/mol. The maximum atomic E-state index is 6.18. The summed E-state index contributed by atoms with van der Waals surface area (Å²) in [5, 5.41) is 0. The van der Waals surface area contributed by atoms with Crippen LogP contribution in [-0.4, -0.2) is 11.7 Å². The summed E-state index contributed by atoms with van der Waals surface area (Å²) in [6, 6.07) is 0. The highest BCUT2D eigenvalue weighted by atomic mass is 16.5. The highest BCUT2D eigenvalue weighted by molar-refractivity contribution is 4.92. The smallest absolute Gasteiger partial charge is 0.0711 e. The first kappa shape index (κ1) is 15.0. The summed E-state index contributed by atoms with van der Waals surface area (Å²) >= 11 is 0. The SMILES string of the molecule is CC(C)OC(C)(CC(C)(C)C)C(C)(C)C. The van der Waals surface area contributed by atoms with E-state index in [4.69, 9.17) is 4.74 Å². The highest BCUT2D eigenvalue weighted by Gasteiger charge is 2.41. The molecule has 0 saturated carbocycles. The summed E-state index contributed by atoms with van der Waals surface area (Å²) in [5.41, 5.74) is 0.418. The van der Waals surface area contributed by atoms with E-state index in [9.17, 15) is 0 Å². The fourth-order valence-corrected chi connectivity index (χ4v) is 2.02. The van der Waals surface area contributed by atoms with Crippen molar-refractivity contribution in [1.82, 2.24) is 0 Å². The summed E-state index contributed by atoms with van der Waals surface area (Å²) < 4.78 is 6.18. The zero-order valence-corrected chi connectivity index (χ0v) is 12.2. The summed E-state index contributed by atoms with van der Waals surface area (Å²) in [6.07, 6.45) is 1.37. The van der Waals surface area contributed by atoms with Crippen LogP contribution < -0.4 is 0 Å². The van der Waals surface area contributed by atoms with Crippen LogP contribution in [0.25, 0.3) is 0 Å². The number of ether oxygens (including phenoxy) is 1. The van der Waals surface area contributed by atoms with E-state index in [1.165, 1.54) is 0 Å². The molecule has 0 aromatic heterocycles. The fraction of sp³-hybridized carbons (Fsp3) is 1.00. The van der Waals surface area contributed by atoms with E-state index >= 15 is 0 Å². The van der Waals surface area contributed by atoms with Gasteiger partial charge >= 0.3 is 0 Å². The lowest BCUT2D eigenvalue weighted by molar-refractivity contribution is -0.149. The van der Waals surface area contributed by atoms with Gasteiger partial charge in [0.25, 0.3) is 0 Å². The predicted octanol–water partition coefficient (Wildman–Crippen LogP) is 4.65. The summed E-state index contributed by atoms with van der Waals surface area (Å²) in [5.74, 6) is 0. The number of hydrogen-bond acceptors (Lipinski definition) is 1. The van der Waals surface area contributed by atoms with Crippen LogP contribution in [0, 0.1) is 10.8 Å². The minimum absolute atomic E-state index is 0.0561. The van der Waals surface area contributed by atoms with E-state index in [1.807, 2.05) is 0 Å². The Labute approximate surface area is 96.6 Å². The molecule has 1 heteroatoms. The van der Waals surface area contributed by atoms with Crippen LogP contribution in [0.2, 0.25) is 0 Å². The van der Waals surface area contributed by atoms with Crippen molar-refractivity contribution in [2.45, 2.75) is 80.4 Å². The average Bonchev–Trinajstić information content (AvgIpc) is 1.75. The Morgan fingerprint density at radius 1 is 0.867 bits per heavy atom. The third kappa shape index (κ3) is 5.01. The molecular formula is C14H30O. The first-order valence-electron chi connectivity index (χ1n) is 6.05. The van der Waals surface area contributed by atoms with Gasteiger partial charge in [-0.15, -0.1) is 0 Å². The summed E-state index contributed by atoms with van der Waals surface area (Å²) in [6.45, 7) is 20.1. The third-order valence-electron chi connectivity index (χ3n) is 2.95. The molecule has 0 spiro atoms. The zero-order chi connectivity index (χ0) is 12.5. The fourth-order valence-electron chi connectivity index (χ4n) is 2.02. The van der Waals surface area contributed by atoms with Crippen LogP contribution in [0.1, 0.15) is 68.7 Å². The van der Waals surface area contributed by atoms with Crippen LogP contribution in [-0.2, 0) is 4.74 Å². The lowest BCUT2D eigenvalue weighted by atomic mass is 9.69. The molecule has 0 fully saturated rings. The van der Waals surface area contributed by atoms with Gasteiger partial charge in [0.15, 0.2) is 0 Å². The van der Waals surface area contributed by atoms with E-state index in [0.29, 0.717) is 5.41 Å². The van der Waals surface area contributed by atoms with Crippen molar-refractivity contribution in [2.24, 2.45) is 10.8 Å². The van der Waals surface area contributed by atoms with Gasteiger partial charge in [-0.05, 0) is 38.0 Å². The van der Waals surface area contributed by atoms with E-state index in [0.717, 1.165) is 6.42 Å². The Balaban J connectivity index is 4.88. The molecular weight excluding hydrogens is 184 g/mol. The van der Waals surface area contributed by atoms with Gasteiger partial charge in [0.05, 0.1) is 11.7 Å². The second-order valence-corrected chi connectivity index (χ2v) is 7.38. The summed E-state index contributed by atoms with van der Waals surface area (Å²) in [4.78, 5) is 0. The molecule has 92 valence electrons. The first-order valence-corrected chi connectivity index (χ1v) is 6.05. The molecule has 0 radical (unpaired) electrons. The molecule has 15 heavy (non-hydrogen) atoms. The molecule has 0 aliphatic heterocycles. The van der Waals surface area contributed by atoms with Gasteiger partial charge in [-0.1, -0.05) is 41.5 Å². The van der Waals surface area contributed by atoms with E-state index in [1.54, 1.807) is 0 Å². The Hall–Kier alpha value is -0.0400. The molecule has 0 aliphatic carbocycles. The Morgan fingerprint density at radius 3 is 1.47 bits per heavy atom. The van der Waals surface area contributed by atoms with Crippen LogP contribution in [0.15, 0.2) is 0 Å². The minimum atomic E-state index is -0.0561. The molecule has 1 atom stereocenters. The molecule has 0 rings (SSSR count). The second-order valence-electron chi connectivity index (χ2n) is 7.38. The predicted molar refractivity (Wildman–Crippen MR) is 68.2 cm³/mol. The number of hydrogen-bond donors (Lipinski definition) is 0. The average molecular weight is 214 g/mol. The molecule has 0 aromatic rings. The van der Waals surface area contributed by atoms with Gasteiger partial charge in [0.2, 0.25) is 0 Å². The lowest BCUT2D eigenvalue weighted by Gasteiger charge is -2.46. The molecule has 0 aliphatic rings. The topological polar surface area (TPSA) is 9.23 Å². The Morgan fingerprint density at radius 2 is 1.27 bits per heavy atom. The molecule has 0 bridgehead atoms. The maximum absolute atomic E-state index is 6.18. The standard InChI is InChI=1S/C14H30O/c1-11(2)15-14(9,13(6,7)8)10-12(3,4)5/h11H,10H2,1-9H3. The van der Waals surface area contributed by atoms with Gasteiger partial charge in [0, 0.05) is 0 Å². The van der Waals surface area contributed by atoms with Crippen LogP contribution in [0.5, 0.6) is 0 Å². The quantitative estimate of drug-likeness (QED) is 0.664. The Bertz CT molecular complexity index is 192. The second kappa shape index (κ2) is 4.45. The van der Waals surface area contributed by atoms with Gasteiger partial charge in [-0.25, -0.2) is 0 Å². The van der Waals surface area contributed by atoms with E-state index < -0.39 is 0 Å². The van der Waals surface area contributed by atoms with Crippen molar-refractivity contribution in [3.05, 3.63) is 0 Å². The molecule has 0 aromatic carbocycles. The van der Waals surface area contributed by atoms with Gasteiger partial charge < -0.3 is 4.74 Å². The van der Waals surface area contributed by atoms with Crippen LogP contribution in [0.3, 0.4) is 0 Å². The van der Waals surface area contributed by atoms with E-state index in [2.05, 4.69) is 62.3 Å². The first-order chi connectivity index (χ1) is 6.37. The largest absolute Gasteiger partial charge is 0.372 e. The molecule has 1 unspecified atom stereocenters. The maximum Gasteiger partial charge on any atom is 0.0711 e. The Kier molecular flexibility index (Phi) is 4.44. The molecule has 0 saturated heterocycles. The van der Waals surface area contributed by atoms with Gasteiger partial charge in [0.1, 0.15) is 0 Å². The van der Waals surface area contributed by atoms with Crippen molar-refractivity contribution in [3.63, 3.8) is 0 Å². The minimum Gasteiger partial charge on any atom is -0.372 e. The molecule has 1 nitrogen and oxygen atoms in total. The highest BCUT2D eigenvalue weighted by Crippen LogP contribution is 2.42. The molecule has 0 N–H and O–H groups in total. The van der Waals surface area contributed by atoms with E-state index in [-0.39, 0.29) is 17.1 Å². The van der Waals surface area contributed by atoms with Crippen molar-refractivity contribution in [1.29, 1.82) is 0 Å². The van der Waals surface area contributed by atoms with Crippen molar-refractivity contribution in [2.75, 3.05) is 0 Å². The number of rotatable bonds is 3. The normalized spacial score (nSPS) is 18.0.